The van der Waals surface area contributed by atoms with E-state index in [0.29, 0.717) is 11.7 Å². The Labute approximate surface area is 113 Å². The number of hydrogen-bond donors (Lipinski definition) is 2. The normalized spacial score (nSPS) is 28.1. The maximum absolute atomic E-state index is 11.0. The van der Waals surface area contributed by atoms with Crippen molar-refractivity contribution >= 4 is 5.91 Å². The molecule has 0 bridgehead atoms. The summed E-state index contributed by atoms with van der Waals surface area (Å²) in [5, 5.41) is 9.96. The highest BCUT2D eigenvalue weighted by molar-refractivity contribution is 5.78. The van der Waals surface area contributed by atoms with Gasteiger partial charge in [-0.25, -0.2) is 0 Å². The highest BCUT2D eigenvalue weighted by Crippen LogP contribution is 2.37. The molecule has 1 aliphatic heterocycles. The van der Waals surface area contributed by atoms with Crippen molar-refractivity contribution in [1.29, 1.82) is 0 Å². The minimum Gasteiger partial charge on any atom is -0.461 e. The third-order valence-corrected chi connectivity index (χ3v) is 3.87. The first-order chi connectivity index (χ1) is 8.97. The maximum atomic E-state index is 11.0. The Kier molecular flexibility index (Phi) is 4.10. The second kappa shape index (κ2) is 5.61. The molecule has 1 saturated carbocycles. The van der Waals surface area contributed by atoms with Gasteiger partial charge in [0.25, 0.3) is 0 Å². The van der Waals surface area contributed by atoms with Gasteiger partial charge in [0.2, 0.25) is 12.2 Å². The molecule has 1 unspecified atom stereocenters. The molecular weight excluding hydrogens is 242 g/mol. The van der Waals surface area contributed by atoms with Crippen molar-refractivity contribution in [2.75, 3.05) is 0 Å². The maximum Gasteiger partial charge on any atom is 0.224 e. The largest absolute Gasteiger partial charge is 0.461 e. The number of amides is 1. The van der Waals surface area contributed by atoms with Gasteiger partial charge >= 0.3 is 0 Å². The van der Waals surface area contributed by atoms with Crippen molar-refractivity contribution in [2.24, 2.45) is 17.6 Å². The zero-order chi connectivity index (χ0) is 14.0. The summed E-state index contributed by atoms with van der Waals surface area (Å²) in [5.41, 5.74) is 7.40. The number of rotatable bonds is 3. The fourth-order valence-electron chi connectivity index (χ4n) is 2.56. The average molecular weight is 263 g/mol. The van der Waals surface area contributed by atoms with E-state index >= 15 is 0 Å². The van der Waals surface area contributed by atoms with Gasteiger partial charge in [0.1, 0.15) is 5.76 Å². The molecule has 0 saturated heterocycles. The topological polar surface area (TPSA) is 72.6 Å². The van der Waals surface area contributed by atoms with E-state index in [1.807, 2.05) is 6.08 Å². The Morgan fingerprint density at radius 1 is 1.58 bits per heavy atom. The second-order valence-corrected chi connectivity index (χ2v) is 5.40. The summed E-state index contributed by atoms with van der Waals surface area (Å²) in [5.74, 6) is 0.0822. The number of aliphatic hydroxyl groups is 1. The summed E-state index contributed by atoms with van der Waals surface area (Å²) in [4.78, 5) is 11.0. The number of aliphatic hydroxyl groups excluding tert-OH is 1. The highest BCUT2D eigenvalue weighted by Gasteiger charge is 2.30. The van der Waals surface area contributed by atoms with Crippen LogP contribution in [0.25, 0.3) is 0 Å². The number of carbonyl (C=O) groups is 1. The van der Waals surface area contributed by atoms with Gasteiger partial charge in [-0.05, 0) is 50.7 Å². The van der Waals surface area contributed by atoms with E-state index < -0.39 is 18.1 Å². The number of primary amides is 1. The summed E-state index contributed by atoms with van der Waals surface area (Å²) in [6, 6.07) is 0. The molecule has 1 fully saturated rings. The van der Waals surface area contributed by atoms with E-state index in [1.54, 1.807) is 13.0 Å². The van der Waals surface area contributed by atoms with E-state index in [9.17, 15) is 9.90 Å². The van der Waals surface area contributed by atoms with Gasteiger partial charge in [0.15, 0.2) is 0 Å². The van der Waals surface area contributed by atoms with Crippen LogP contribution in [-0.2, 0) is 9.53 Å². The van der Waals surface area contributed by atoms with Crippen LogP contribution in [0.3, 0.4) is 0 Å². The Balaban J connectivity index is 2.08. The van der Waals surface area contributed by atoms with Crippen molar-refractivity contribution in [3.05, 3.63) is 35.6 Å². The number of hydrogen-bond acceptors (Lipinski definition) is 3. The number of nitrogens with two attached hydrogens (primary N) is 1. The Morgan fingerprint density at radius 2 is 2.21 bits per heavy atom. The van der Waals surface area contributed by atoms with E-state index in [1.165, 1.54) is 5.57 Å². The predicted molar refractivity (Wildman–Crippen MR) is 72.7 cm³/mol. The van der Waals surface area contributed by atoms with Crippen LogP contribution >= 0.6 is 0 Å². The molecule has 0 spiro atoms. The summed E-state index contributed by atoms with van der Waals surface area (Å²) < 4.78 is 5.37. The van der Waals surface area contributed by atoms with Crippen LogP contribution in [0.4, 0.5) is 0 Å². The molecule has 2 rings (SSSR count). The summed E-state index contributed by atoms with van der Waals surface area (Å²) in [6.45, 7) is 5.70. The van der Waals surface area contributed by atoms with Gasteiger partial charge in [0, 0.05) is 5.57 Å². The van der Waals surface area contributed by atoms with Gasteiger partial charge in [-0.1, -0.05) is 12.2 Å². The fourth-order valence-corrected chi connectivity index (χ4v) is 2.56. The molecule has 4 nitrogen and oxygen atoms in total. The predicted octanol–water partition coefficient (Wildman–Crippen LogP) is 2.01. The van der Waals surface area contributed by atoms with Crippen LogP contribution in [0.15, 0.2) is 35.6 Å². The van der Waals surface area contributed by atoms with Crippen molar-refractivity contribution in [1.82, 2.24) is 0 Å². The van der Waals surface area contributed by atoms with E-state index in [2.05, 4.69) is 6.58 Å². The molecule has 0 aromatic carbocycles. The summed E-state index contributed by atoms with van der Waals surface area (Å²) >= 11 is 0. The Hall–Kier alpha value is -1.55. The Bertz CT molecular complexity index is 440. The third-order valence-electron chi connectivity index (χ3n) is 3.87. The fraction of sp³-hybridized carbons (Fsp3) is 0.533. The quantitative estimate of drug-likeness (QED) is 0.765. The average Bonchev–Trinajstić information content (AvgIpc) is 2.71. The van der Waals surface area contributed by atoms with Gasteiger partial charge in [-0.15, -0.1) is 0 Å². The molecule has 0 radical (unpaired) electrons. The molecule has 2 atom stereocenters. The molecule has 1 amide bonds. The van der Waals surface area contributed by atoms with Crippen LogP contribution in [0.1, 0.15) is 32.6 Å². The lowest BCUT2D eigenvalue weighted by molar-refractivity contribution is -0.120. The molecule has 0 aromatic heterocycles. The van der Waals surface area contributed by atoms with E-state index in [4.69, 9.17) is 10.5 Å². The van der Waals surface area contributed by atoms with E-state index in [-0.39, 0.29) is 0 Å². The molecule has 3 N–H and O–H groups in total. The summed E-state index contributed by atoms with van der Waals surface area (Å²) in [6.07, 6.45) is 6.64. The molecule has 1 aliphatic carbocycles. The minimum atomic E-state index is -0.886. The highest BCUT2D eigenvalue weighted by atomic mass is 16.6. The van der Waals surface area contributed by atoms with Crippen molar-refractivity contribution in [3.8, 4) is 0 Å². The molecule has 0 aromatic rings. The number of ether oxygens (including phenoxy) is 1. The van der Waals surface area contributed by atoms with Crippen LogP contribution in [0.5, 0.6) is 0 Å². The molecule has 19 heavy (non-hydrogen) atoms. The zero-order valence-corrected chi connectivity index (χ0v) is 11.3. The third kappa shape index (κ3) is 3.26. The number of allylic oxidation sites excluding steroid dienone is 2. The van der Waals surface area contributed by atoms with Crippen molar-refractivity contribution in [2.45, 2.75) is 38.9 Å². The Morgan fingerprint density at radius 3 is 2.79 bits per heavy atom. The molecule has 2 aliphatic rings. The standard InChI is InChI=1S/C15H21NO3/c1-9-3-5-11(6-4-9)13-8-12(19-15(13)18)7-10(2)14(16)17/h7-8,10-11,15,18H,1,3-6H2,2H3,(H2,16,17)/b12-7-/t10-,15?/m1/s1. The first-order valence-corrected chi connectivity index (χ1v) is 6.71. The van der Waals surface area contributed by atoms with Crippen molar-refractivity contribution in [3.63, 3.8) is 0 Å². The first kappa shape index (κ1) is 13.9. The smallest absolute Gasteiger partial charge is 0.224 e. The summed E-state index contributed by atoms with van der Waals surface area (Å²) in [7, 11) is 0. The van der Waals surface area contributed by atoms with Crippen LogP contribution < -0.4 is 5.73 Å². The zero-order valence-electron chi connectivity index (χ0n) is 11.3. The minimum absolute atomic E-state index is 0.343. The van der Waals surface area contributed by atoms with Crippen LogP contribution in [0.2, 0.25) is 0 Å². The molecule has 104 valence electrons. The molecule has 1 heterocycles. The van der Waals surface area contributed by atoms with E-state index in [0.717, 1.165) is 31.3 Å². The second-order valence-electron chi connectivity index (χ2n) is 5.40. The molecule has 4 heteroatoms. The van der Waals surface area contributed by atoms with Gasteiger partial charge < -0.3 is 15.6 Å². The first-order valence-electron chi connectivity index (χ1n) is 6.71. The molecular formula is C15H21NO3. The van der Waals surface area contributed by atoms with Gasteiger partial charge in [-0.2, -0.15) is 0 Å². The lowest BCUT2D eigenvalue weighted by Gasteiger charge is -2.25. The van der Waals surface area contributed by atoms with Gasteiger partial charge in [0.05, 0.1) is 5.92 Å². The van der Waals surface area contributed by atoms with Gasteiger partial charge in [-0.3, -0.25) is 4.79 Å². The van der Waals surface area contributed by atoms with Crippen LogP contribution in [0, 0.1) is 11.8 Å². The number of carbonyl (C=O) groups excluding carboxylic acids is 1. The lowest BCUT2D eigenvalue weighted by Crippen LogP contribution is -2.19. The lowest BCUT2D eigenvalue weighted by atomic mass is 9.81. The monoisotopic (exact) mass is 263 g/mol. The van der Waals surface area contributed by atoms with Crippen molar-refractivity contribution < 1.29 is 14.6 Å². The van der Waals surface area contributed by atoms with Crippen LogP contribution in [-0.4, -0.2) is 17.3 Å². The SMILES string of the molecule is C=C1CCC(C2=C/C(=C/[C@@H](C)C(N)=O)OC2O)CC1.